The van der Waals surface area contributed by atoms with Crippen LogP contribution in [0.15, 0.2) is 41.0 Å². The van der Waals surface area contributed by atoms with Crippen LogP contribution in [0.4, 0.5) is 13.2 Å². The Balaban J connectivity index is 0.000000451. The van der Waals surface area contributed by atoms with Gasteiger partial charge in [-0.25, -0.2) is 9.59 Å². The van der Waals surface area contributed by atoms with Crippen LogP contribution in [0, 0.1) is 0 Å². The van der Waals surface area contributed by atoms with Gasteiger partial charge in [0, 0.05) is 18.5 Å². The van der Waals surface area contributed by atoms with E-state index in [0.29, 0.717) is 12.1 Å². The van der Waals surface area contributed by atoms with Crippen LogP contribution < -0.4 is 5.32 Å². The van der Waals surface area contributed by atoms with Crippen molar-refractivity contribution >= 4 is 22.8 Å². The fraction of sp³-hybridized carbons (Fsp3) is 0.350. The summed E-state index contributed by atoms with van der Waals surface area (Å²) in [6, 6.07) is 9.33. The molecule has 1 aromatic carbocycles. The van der Waals surface area contributed by atoms with Crippen LogP contribution in [0.25, 0.3) is 10.9 Å². The number of H-pyrrole nitrogens is 1. The Bertz CT molecular complexity index is 1030. The Morgan fingerprint density at radius 2 is 2.00 bits per heavy atom. The van der Waals surface area contributed by atoms with Crippen LogP contribution in [0.2, 0.25) is 0 Å². The topological polar surface area (TPSA) is 121 Å². The minimum Gasteiger partial charge on any atom is -0.475 e. The monoisotopic (exact) mass is 456 g/mol. The lowest BCUT2D eigenvalue weighted by Gasteiger charge is -2.22. The van der Waals surface area contributed by atoms with Crippen molar-refractivity contribution in [1.29, 1.82) is 0 Å². The van der Waals surface area contributed by atoms with Gasteiger partial charge in [-0.3, -0.25) is 10.00 Å². The molecular weight excluding hydrogens is 433 g/mol. The van der Waals surface area contributed by atoms with Gasteiger partial charge in [-0.2, -0.15) is 18.3 Å². The molecule has 12 heteroatoms. The molecule has 0 aliphatic carbocycles. The largest absolute Gasteiger partial charge is 0.490 e. The summed E-state index contributed by atoms with van der Waals surface area (Å²) < 4.78 is 42.0. The van der Waals surface area contributed by atoms with E-state index in [1.165, 1.54) is 7.11 Å². The number of aliphatic carboxylic acids is 1. The molecular formula is C20H23F3N4O5. The fourth-order valence-corrected chi connectivity index (χ4v) is 2.80. The highest BCUT2D eigenvalue weighted by Crippen LogP contribution is 2.20. The summed E-state index contributed by atoms with van der Waals surface area (Å²) in [5, 5.41) is 18.8. The zero-order valence-corrected chi connectivity index (χ0v) is 17.6. The van der Waals surface area contributed by atoms with Gasteiger partial charge in [0.2, 0.25) is 0 Å². The highest BCUT2D eigenvalue weighted by atomic mass is 19.4. The molecule has 3 aromatic rings. The molecule has 0 saturated heterocycles. The zero-order chi connectivity index (χ0) is 23.9. The Morgan fingerprint density at radius 3 is 2.53 bits per heavy atom. The summed E-state index contributed by atoms with van der Waals surface area (Å²) in [7, 11) is 5.41. The number of hydrogen-bond acceptors (Lipinski definition) is 7. The van der Waals surface area contributed by atoms with Crippen LogP contribution >= 0.6 is 0 Å². The standard InChI is InChI=1S/C18H22N4O3.C2HF3O2/c1-22(2)16(17-5-4-8-25-17)11-19-10-15-13-9-12(18(23)24-3)6-7-14(13)20-21-15;3-2(4,5)1(6)7/h4-9,16,19H,10-11H2,1-3H3,(H,20,21);(H,6,7). The summed E-state index contributed by atoms with van der Waals surface area (Å²) in [6.45, 7) is 1.32. The van der Waals surface area contributed by atoms with Crippen LogP contribution in [0.3, 0.4) is 0 Å². The smallest absolute Gasteiger partial charge is 0.475 e. The van der Waals surface area contributed by atoms with E-state index in [2.05, 4.69) is 20.4 Å². The maximum atomic E-state index is 11.7. The van der Waals surface area contributed by atoms with E-state index in [1.807, 2.05) is 32.3 Å². The van der Waals surface area contributed by atoms with Gasteiger partial charge in [-0.1, -0.05) is 0 Å². The second-order valence-electron chi connectivity index (χ2n) is 6.85. The van der Waals surface area contributed by atoms with Gasteiger partial charge in [-0.15, -0.1) is 0 Å². The van der Waals surface area contributed by atoms with Crippen LogP contribution in [-0.2, 0) is 16.1 Å². The third-order valence-electron chi connectivity index (χ3n) is 4.43. The normalized spacial score (nSPS) is 12.3. The Morgan fingerprint density at radius 1 is 1.31 bits per heavy atom. The molecule has 0 saturated carbocycles. The number of carboxylic acids is 1. The molecule has 0 aliphatic heterocycles. The number of halogens is 3. The molecule has 0 bridgehead atoms. The molecule has 2 aromatic heterocycles. The number of hydrogen-bond donors (Lipinski definition) is 3. The van der Waals surface area contributed by atoms with Crippen LogP contribution in [0.5, 0.6) is 0 Å². The van der Waals surface area contributed by atoms with Crippen molar-refractivity contribution in [1.82, 2.24) is 20.4 Å². The third kappa shape index (κ3) is 6.56. The van der Waals surface area contributed by atoms with E-state index in [-0.39, 0.29) is 12.0 Å². The molecule has 0 fully saturated rings. The van der Waals surface area contributed by atoms with Crippen molar-refractivity contribution in [3.63, 3.8) is 0 Å². The number of rotatable bonds is 7. The first-order valence-electron chi connectivity index (χ1n) is 9.30. The van der Waals surface area contributed by atoms with Crippen molar-refractivity contribution in [2.75, 3.05) is 27.7 Å². The van der Waals surface area contributed by atoms with Gasteiger partial charge in [0.1, 0.15) is 5.76 Å². The molecule has 0 aliphatic rings. The summed E-state index contributed by atoms with van der Waals surface area (Å²) >= 11 is 0. The highest BCUT2D eigenvalue weighted by molar-refractivity contribution is 5.95. The van der Waals surface area contributed by atoms with Crippen molar-refractivity contribution in [3.8, 4) is 0 Å². The van der Waals surface area contributed by atoms with Gasteiger partial charge in [0.05, 0.1) is 36.2 Å². The molecule has 174 valence electrons. The van der Waals surface area contributed by atoms with E-state index in [9.17, 15) is 18.0 Å². The fourth-order valence-electron chi connectivity index (χ4n) is 2.80. The van der Waals surface area contributed by atoms with Crippen LogP contribution in [-0.4, -0.2) is 66.1 Å². The lowest BCUT2D eigenvalue weighted by atomic mass is 10.1. The van der Waals surface area contributed by atoms with E-state index in [1.54, 1.807) is 18.4 Å². The Hall–Kier alpha value is -3.38. The molecule has 3 rings (SSSR count). The number of carbonyl (C=O) groups is 2. The second-order valence-corrected chi connectivity index (χ2v) is 6.85. The van der Waals surface area contributed by atoms with Gasteiger partial charge in [0.25, 0.3) is 0 Å². The lowest BCUT2D eigenvalue weighted by Crippen LogP contribution is -2.30. The number of carboxylic acid groups (broad SMARTS) is 1. The predicted molar refractivity (Wildman–Crippen MR) is 108 cm³/mol. The zero-order valence-electron chi connectivity index (χ0n) is 17.6. The maximum absolute atomic E-state index is 11.7. The molecule has 0 radical (unpaired) electrons. The molecule has 0 amide bonds. The van der Waals surface area contributed by atoms with Crippen LogP contribution in [0.1, 0.15) is 27.9 Å². The number of aromatic nitrogens is 2. The van der Waals surface area contributed by atoms with Gasteiger partial charge < -0.3 is 19.6 Å². The molecule has 9 nitrogen and oxygen atoms in total. The number of nitrogens with zero attached hydrogens (tertiary/aromatic N) is 2. The van der Waals surface area contributed by atoms with E-state index >= 15 is 0 Å². The van der Waals surface area contributed by atoms with Gasteiger partial charge >= 0.3 is 18.1 Å². The first-order valence-corrected chi connectivity index (χ1v) is 9.30. The number of carbonyl (C=O) groups excluding carboxylic acids is 1. The number of likely N-dealkylation sites (N-methyl/N-ethyl adjacent to an activating group) is 1. The Labute approximate surface area is 181 Å². The maximum Gasteiger partial charge on any atom is 0.490 e. The number of benzene rings is 1. The predicted octanol–water partition coefficient (Wildman–Crippen LogP) is 2.97. The molecule has 2 heterocycles. The molecule has 32 heavy (non-hydrogen) atoms. The van der Waals surface area contributed by atoms with Crippen molar-refractivity contribution in [3.05, 3.63) is 53.6 Å². The van der Waals surface area contributed by atoms with Gasteiger partial charge in [-0.05, 0) is 44.4 Å². The van der Waals surface area contributed by atoms with Gasteiger partial charge in [0.15, 0.2) is 0 Å². The highest BCUT2D eigenvalue weighted by Gasteiger charge is 2.38. The molecule has 1 unspecified atom stereocenters. The summed E-state index contributed by atoms with van der Waals surface area (Å²) in [5.41, 5.74) is 2.26. The summed E-state index contributed by atoms with van der Waals surface area (Å²) in [6.07, 6.45) is -3.40. The summed E-state index contributed by atoms with van der Waals surface area (Å²) in [4.78, 5) is 22.7. The van der Waals surface area contributed by atoms with E-state index < -0.39 is 12.1 Å². The number of furan rings is 1. The first-order chi connectivity index (χ1) is 15.0. The third-order valence-corrected chi connectivity index (χ3v) is 4.43. The summed E-state index contributed by atoms with van der Waals surface area (Å²) in [5.74, 6) is -2.19. The molecule has 1 atom stereocenters. The number of methoxy groups -OCH3 is 1. The number of alkyl halides is 3. The van der Waals surface area contributed by atoms with Crippen molar-refractivity contribution in [2.45, 2.75) is 18.8 Å². The quantitative estimate of drug-likeness (QED) is 0.464. The molecule has 0 spiro atoms. The van der Waals surface area contributed by atoms with Crippen molar-refractivity contribution < 1.29 is 37.0 Å². The average molecular weight is 456 g/mol. The number of fused-ring (bicyclic) bond motifs is 1. The number of ether oxygens (including phenoxy) is 1. The average Bonchev–Trinajstić information content (AvgIpc) is 3.40. The van der Waals surface area contributed by atoms with E-state index in [4.69, 9.17) is 19.1 Å². The van der Waals surface area contributed by atoms with Crippen molar-refractivity contribution in [2.24, 2.45) is 0 Å². The minimum absolute atomic E-state index is 0.134. The Kier molecular flexibility index (Phi) is 8.38. The lowest BCUT2D eigenvalue weighted by molar-refractivity contribution is -0.192. The second kappa shape index (κ2) is 10.8. The SMILES string of the molecule is COC(=O)c1ccc2n[nH]c(CNCC(c3ccco3)N(C)C)c2c1.O=C(O)C(F)(F)F. The number of aromatic amines is 1. The number of nitrogens with one attached hydrogen (secondary N) is 2. The number of esters is 1. The van der Waals surface area contributed by atoms with E-state index in [0.717, 1.165) is 28.9 Å². The minimum atomic E-state index is -5.08. The first kappa shape index (κ1) is 24.9. The molecule has 3 N–H and O–H groups in total.